The number of aliphatic hydroxyl groups is 6. The molecule has 0 radical (unpaired) electrons. The van der Waals surface area contributed by atoms with Gasteiger partial charge in [0, 0.05) is 18.8 Å². The Morgan fingerprint density at radius 2 is 1.78 bits per heavy atom. The molecule has 1 saturated heterocycles. The zero-order chi connectivity index (χ0) is 33.6. The van der Waals surface area contributed by atoms with Crippen molar-refractivity contribution in [3.63, 3.8) is 0 Å². The molecule has 4 aliphatic carbocycles. The Bertz CT molecular complexity index is 1360. The molecule has 0 bridgehead atoms. The molecule has 2 aliphatic heterocycles. The van der Waals surface area contributed by atoms with Crippen molar-refractivity contribution in [2.24, 2.45) is 28.6 Å². The van der Waals surface area contributed by atoms with Crippen LogP contribution in [0.5, 0.6) is 0 Å². The third kappa shape index (κ3) is 4.91. The number of rotatable bonds is 6. The predicted octanol–water partition coefficient (Wildman–Crippen LogP) is 1.61. The van der Waals surface area contributed by atoms with Gasteiger partial charge < -0.3 is 44.8 Å². The number of allylic oxidation sites excluding steroid dienone is 3. The molecule has 0 aromatic heterocycles. The number of carbonyl (C=O) groups excluding carboxylic acids is 2. The van der Waals surface area contributed by atoms with Crippen molar-refractivity contribution in [1.29, 1.82) is 0 Å². The largest absolute Gasteiger partial charge is 0.456 e. The second kappa shape index (κ2) is 11.6. The number of hydrogen-bond acceptors (Lipinski definition) is 11. The molecule has 13 unspecified atom stereocenters. The maximum Gasteiger partial charge on any atom is 0.336 e. The molecule has 46 heavy (non-hydrogen) atoms. The fourth-order valence-electron chi connectivity index (χ4n) is 10.1. The Balaban J connectivity index is 1.21. The highest BCUT2D eigenvalue weighted by Gasteiger charge is 2.62. The van der Waals surface area contributed by atoms with E-state index in [2.05, 4.69) is 13.0 Å². The van der Waals surface area contributed by atoms with Gasteiger partial charge in [0.05, 0.1) is 30.3 Å². The lowest BCUT2D eigenvalue weighted by Crippen LogP contribution is -2.65. The zero-order valence-corrected chi connectivity index (χ0v) is 27.4. The van der Waals surface area contributed by atoms with Crippen LogP contribution in [0.1, 0.15) is 79.6 Å². The molecule has 6 rings (SSSR count). The summed E-state index contributed by atoms with van der Waals surface area (Å²) in [6.07, 6.45) is 1.10. The fourth-order valence-corrected chi connectivity index (χ4v) is 10.1. The lowest BCUT2D eigenvalue weighted by atomic mass is 9.47. The minimum Gasteiger partial charge on any atom is -0.456 e. The minimum absolute atomic E-state index is 0.0414. The van der Waals surface area contributed by atoms with E-state index in [1.807, 2.05) is 13.0 Å². The third-order valence-corrected chi connectivity index (χ3v) is 12.9. The average molecular weight is 647 g/mol. The average Bonchev–Trinajstić information content (AvgIpc) is 3.37. The van der Waals surface area contributed by atoms with E-state index in [1.54, 1.807) is 13.8 Å². The molecular formula is C35H50O11. The van der Waals surface area contributed by atoms with Gasteiger partial charge in [-0.1, -0.05) is 35.8 Å². The van der Waals surface area contributed by atoms with Crippen molar-refractivity contribution in [3.05, 3.63) is 34.4 Å². The van der Waals surface area contributed by atoms with Crippen LogP contribution in [0.4, 0.5) is 0 Å². The smallest absolute Gasteiger partial charge is 0.336 e. The van der Waals surface area contributed by atoms with E-state index in [-0.39, 0.29) is 47.6 Å². The molecule has 256 valence electrons. The van der Waals surface area contributed by atoms with Gasteiger partial charge in [-0.2, -0.15) is 0 Å². The second-order valence-electron chi connectivity index (χ2n) is 15.4. The number of Topliss-reactive ketones (excluding diaryl/α,β-unsaturated/α-hetero) is 1. The van der Waals surface area contributed by atoms with Crippen LogP contribution in [0.2, 0.25) is 0 Å². The van der Waals surface area contributed by atoms with Gasteiger partial charge in [0.1, 0.15) is 41.9 Å². The van der Waals surface area contributed by atoms with Crippen LogP contribution in [-0.2, 0) is 23.8 Å². The summed E-state index contributed by atoms with van der Waals surface area (Å²) in [4.78, 5) is 26.7. The molecule has 2 saturated carbocycles. The Labute approximate surface area is 269 Å². The van der Waals surface area contributed by atoms with Crippen molar-refractivity contribution < 1.29 is 54.4 Å². The van der Waals surface area contributed by atoms with Crippen LogP contribution >= 0.6 is 0 Å². The molecule has 0 spiro atoms. The number of hydrogen-bond donors (Lipinski definition) is 6. The quantitative estimate of drug-likeness (QED) is 0.182. The molecule has 11 nitrogen and oxygen atoms in total. The number of ketones is 1. The molecule has 6 N–H and O–H groups in total. The number of esters is 1. The van der Waals surface area contributed by atoms with Gasteiger partial charge in [-0.3, -0.25) is 4.79 Å². The predicted molar refractivity (Wildman–Crippen MR) is 164 cm³/mol. The van der Waals surface area contributed by atoms with Crippen molar-refractivity contribution >= 4 is 11.8 Å². The maximum absolute atomic E-state index is 14.1. The SMILES string of the molecule is CC1=C(CO)C(=O)OC(C(C)(O)C2CC=C3C4CCC5=CC(OC6(C)OC(CO)C(O)C(O)C6O)CC(=O)C5(C)C4CCC32C)C1. The summed E-state index contributed by atoms with van der Waals surface area (Å²) >= 11 is 0. The van der Waals surface area contributed by atoms with Crippen LogP contribution < -0.4 is 0 Å². The normalized spacial score (nSPS) is 47.2. The summed E-state index contributed by atoms with van der Waals surface area (Å²) < 4.78 is 17.6. The van der Waals surface area contributed by atoms with Crippen LogP contribution in [-0.4, -0.2) is 104 Å². The highest BCUT2D eigenvalue weighted by molar-refractivity contribution is 5.91. The number of cyclic esters (lactones) is 1. The molecule has 2 heterocycles. The lowest BCUT2D eigenvalue weighted by molar-refractivity contribution is -0.363. The number of fused-ring (bicyclic) bond motifs is 5. The van der Waals surface area contributed by atoms with E-state index in [0.717, 1.165) is 30.4 Å². The van der Waals surface area contributed by atoms with Crippen LogP contribution in [0.15, 0.2) is 34.4 Å². The summed E-state index contributed by atoms with van der Waals surface area (Å²) in [5.74, 6) is -2.23. The van der Waals surface area contributed by atoms with Gasteiger partial charge in [-0.05, 0) is 77.0 Å². The summed E-state index contributed by atoms with van der Waals surface area (Å²) in [6.45, 7) is 8.29. The van der Waals surface area contributed by atoms with Crippen molar-refractivity contribution in [1.82, 2.24) is 0 Å². The summed E-state index contributed by atoms with van der Waals surface area (Å²) in [5.41, 5.74) is 0.934. The van der Waals surface area contributed by atoms with Crippen molar-refractivity contribution in [2.75, 3.05) is 13.2 Å². The van der Waals surface area contributed by atoms with Gasteiger partial charge in [0.25, 0.3) is 0 Å². The number of carbonyl (C=O) groups is 2. The van der Waals surface area contributed by atoms with E-state index in [0.29, 0.717) is 19.3 Å². The minimum atomic E-state index is -1.74. The van der Waals surface area contributed by atoms with Crippen LogP contribution in [0.3, 0.4) is 0 Å². The summed E-state index contributed by atoms with van der Waals surface area (Å²) in [5, 5.41) is 62.6. The highest BCUT2D eigenvalue weighted by atomic mass is 16.7. The van der Waals surface area contributed by atoms with Crippen molar-refractivity contribution in [2.45, 2.75) is 128 Å². The van der Waals surface area contributed by atoms with Crippen molar-refractivity contribution in [3.8, 4) is 0 Å². The fraction of sp³-hybridized carbons (Fsp3) is 0.771. The molecule has 6 aliphatic rings. The van der Waals surface area contributed by atoms with E-state index >= 15 is 0 Å². The Kier molecular flexibility index (Phi) is 8.54. The topological polar surface area (TPSA) is 183 Å². The van der Waals surface area contributed by atoms with Gasteiger partial charge in [-0.25, -0.2) is 4.79 Å². The van der Waals surface area contributed by atoms with Gasteiger partial charge >= 0.3 is 5.97 Å². The van der Waals surface area contributed by atoms with E-state index in [9.17, 15) is 40.2 Å². The highest BCUT2D eigenvalue weighted by Crippen LogP contribution is 2.66. The first kappa shape index (κ1) is 33.9. The monoisotopic (exact) mass is 646 g/mol. The first-order chi connectivity index (χ1) is 21.5. The maximum atomic E-state index is 14.1. The first-order valence-corrected chi connectivity index (χ1v) is 16.7. The van der Waals surface area contributed by atoms with E-state index in [1.165, 1.54) is 12.5 Å². The molecule has 3 fully saturated rings. The van der Waals surface area contributed by atoms with E-state index < -0.39 is 66.0 Å². The van der Waals surface area contributed by atoms with E-state index in [4.69, 9.17) is 14.2 Å². The van der Waals surface area contributed by atoms with Gasteiger partial charge in [-0.15, -0.1) is 0 Å². The molecular weight excluding hydrogens is 596 g/mol. The summed E-state index contributed by atoms with van der Waals surface area (Å²) in [6, 6.07) is 0. The summed E-state index contributed by atoms with van der Waals surface area (Å²) in [7, 11) is 0. The van der Waals surface area contributed by atoms with Crippen LogP contribution in [0.25, 0.3) is 0 Å². The standard InChI is InChI=1S/C35H50O11/c1-17-12-27(44-31(42)21(17)15-36)34(4,43)25-9-8-22-20-7-6-18-13-19(14-26(38)33(18,3)23(20)10-11-32(22,25)2)45-35(5)30(41)29(40)28(39)24(16-37)46-35/h8,13,19-20,23-25,27-30,36-37,39-41,43H,6-7,9-12,14-16H2,1-5H3. The van der Waals surface area contributed by atoms with Gasteiger partial charge in [0.2, 0.25) is 0 Å². The second-order valence-corrected chi connectivity index (χ2v) is 15.4. The third-order valence-electron chi connectivity index (χ3n) is 12.9. The molecule has 11 heteroatoms. The zero-order valence-electron chi connectivity index (χ0n) is 27.4. The lowest BCUT2D eigenvalue weighted by Gasteiger charge is -2.57. The number of aliphatic hydroxyl groups excluding tert-OH is 5. The van der Waals surface area contributed by atoms with Crippen LogP contribution in [0, 0.1) is 28.6 Å². The Morgan fingerprint density at radius 3 is 2.43 bits per heavy atom. The Hall–Kier alpha value is -1.96. The van der Waals surface area contributed by atoms with Gasteiger partial charge in [0.15, 0.2) is 5.79 Å². The number of ether oxygens (including phenoxy) is 3. The molecule has 0 amide bonds. The molecule has 0 aromatic carbocycles. The molecule has 0 aromatic rings. The molecule has 13 atom stereocenters. The Morgan fingerprint density at radius 1 is 1.07 bits per heavy atom. The first-order valence-electron chi connectivity index (χ1n) is 16.7.